The van der Waals surface area contributed by atoms with E-state index >= 15 is 0 Å². The van der Waals surface area contributed by atoms with Crippen molar-refractivity contribution in [1.82, 2.24) is 0 Å². The molecule has 2 N–H and O–H groups in total. The summed E-state index contributed by atoms with van der Waals surface area (Å²) < 4.78 is 0. The first kappa shape index (κ1) is 17.4. The molecule has 0 aliphatic heterocycles. The maximum Gasteiger partial charge on any atom is 0.123 e. The van der Waals surface area contributed by atoms with Crippen LogP contribution in [0.1, 0.15) is 67.3 Å². The molecule has 0 heterocycles. The van der Waals surface area contributed by atoms with Crippen molar-refractivity contribution in [3.63, 3.8) is 0 Å². The molecular formula is C21H29NO. The number of nitrogens with one attached hydrogen (secondary N) is 1. The van der Waals surface area contributed by atoms with Crippen LogP contribution >= 0.6 is 0 Å². The SMILES string of the molecule is Cc1cc(C)c(O)c(CNc2c(C(C)C)cccc2C(C)C)c1. The van der Waals surface area contributed by atoms with E-state index in [4.69, 9.17) is 0 Å². The minimum absolute atomic E-state index is 0.399. The summed E-state index contributed by atoms with van der Waals surface area (Å²) in [5.41, 5.74) is 6.95. The van der Waals surface area contributed by atoms with Crippen molar-refractivity contribution in [2.24, 2.45) is 0 Å². The molecule has 0 fully saturated rings. The molecule has 2 rings (SSSR count). The highest BCUT2D eigenvalue weighted by molar-refractivity contribution is 5.60. The molecule has 0 bridgehead atoms. The minimum atomic E-state index is 0.399. The standard InChI is InChI=1S/C21H29NO/c1-13(2)18-8-7-9-19(14(3)4)20(18)22-12-17-11-15(5)10-16(6)21(17)23/h7-11,13-14,22-23H,12H2,1-6H3. The van der Waals surface area contributed by atoms with Gasteiger partial charge in [0.25, 0.3) is 0 Å². The van der Waals surface area contributed by atoms with Crippen LogP contribution in [0.15, 0.2) is 30.3 Å². The number of aryl methyl sites for hydroxylation is 2. The van der Waals surface area contributed by atoms with Crippen LogP contribution in [0.25, 0.3) is 0 Å². The molecule has 0 aliphatic carbocycles. The van der Waals surface area contributed by atoms with E-state index in [2.05, 4.69) is 64.2 Å². The second-order valence-corrected chi connectivity index (χ2v) is 7.06. The smallest absolute Gasteiger partial charge is 0.123 e. The third-order valence-electron chi connectivity index (χ3n) is 4.35. The fraction of sp³-hybridized carbons (Fsp3) is 0.429. The first-order chi connectivity index (χ1) is 10.8. The zero-order valence-electron chi connectivity index (χ0n) is 15.2. The van der Waals surface area contributed by atoms with Gasteiger partial charge in [-0.25, -0.2) is 0 Å². The lowest BCUT2D eigenvalue weighted by Gasteiger charge is -2.21. The average Bonchev–Trinajstić information content (AvgIpc) is 2.48. The molecule has 0 aromatic heterocycles. The summed E-state index contributed by atoms with van der Waals surface area (Å²) in [6.07, 6.45) is 0. The van der Waals surface area contributed by atoms with E-state index < -0.39 is 0 Å². The van der Waals surface area contributed by atoms with E-state index in [-0.39, 0.29) is 0 Å². The Kier molecular flexibility index (Phi) is 5.35. The molecule has 0 atom stereocenters. The predicted octanol–water partition coefficient (Wildman–Crippen LogP) is 5.87. The van der Waals surface area contributed by atoms with Crippen LogP contribution in [-0.4, -0.2) is 5.11 Å². The summed E-state index contributed by atoms with van der Waals surface area (Å²) in [7, 11) is 0. The number of anilines is 1. The van der Waals surface area contributed by atoms with Gasteiger partial charge in [0.1, 0.15) is 5.75 Å². The normalized spacial score (nSPS) is 11.3. The van der Waals surface area contributed by atoms with Gasteiger partial charge < -0.3 is 10.4 Å². The highest BCUT2D eigenvalue weighted by atomic mass is 16.3. The van der Waals surface area contributed by atoms with E-state index in [0.29, 0.717) is 24.1 Å². The minimum Gasteiger partial charge on any atom is -0.507 e. The van der Waals surface area contributed by atoms with Gasteiger partial charge in [-0.05, 0) is 42.4 Å². The van der Waals surface area contributed by atoms with Crippen LogP contribution in [0.5, 0.6) is 5.75 Å². The number of hydrogen-bond acceptors (Lipinski definition) is 2. The molecule has 0 saturated carbocycles. The second kappa shape index (κ2) is 7.08. The Hall–Kier alpha value is -1.96. The number of hydrogen-bond donors (Lipinski definition) is 2. The van der Waals surface area contributed by atoms with Crippen LogP contribution in [0.3, 0.4) is 0 Å². The topological polar surface area (TPSA) is 32.3 Å². The fourth-order valence-corrected chi connectivity index (χ4v) is 3.12. The summed E-state index contributed by atoms with van der Waals surface area (Å²) in [6, 6.07) is 10.6. The molecule has 2 nitrogen and oxygen atoms in total. The molecule has 0 aliphatic rings. The molecule has 23 heavy (non-hydrogen) atoms. The van der Waals surface area contributed by atoms with Crippen molar-refractivity contribution >= 4 is 5.69 Å². The molecule has 2 aromatic carbocycles. The van der Waals surface area contributed by atoms with Gasteiger partial charge in [0.15, 0.2) is 0 Å². The highest BCUT2D eigenvalue weighted by Gasteiger charge is 2.14. The molecule has 0 radical (unpaired) electrons. The largest absolute Gasteiger partial charge is 0.507 e. The zero-order chi connectivity index (χ0) is 17.1. The van der Waals surface area contributed by atoms with Gasteiger partial charge in [-0.1, -0.05) is 63.6 Å². The molecule has 0 amide bonds. The van der Waals surface area contributed by atoms with Crippen LogP contribution < -0.4 is 5.32 Å². The summed E-state index contributed by atoms with van der Waals surface area (Å²) >= 11 is 0. The van der Waals surface area contributed by atoms with Crippen molar-refractivity contribution in [2.45, 2.75) is 59.9 Å². The monoisotopic (exact) mass is 311 g/mol. The number of benzene rings is 2. The van der Waals surface area contributed by atoms with Crippen LogP contribution in [-0.2, 0) is 6.54 Å². The fourth-order valence-electron chi connectivity index (χ4n) is 3.12. The number of aromatic hydroxyl groups is 1. The first-order valence-corrected chi connectivity index (χ1v) is 8.47. The van der Waals surface area contributed by atoms with Gasteiger partial charge in [0, 0.05) is 17.8 Å². The van der Waals surface area contributed by atoms with Crippen LogP contribution in [0, 0.1) is 13.8 Å². The third-order valence-corrected chi connectivity index (χ3v) is 4.35. The lowest BCUT2D eigenvalue weighted by atomic mass is 9.92. The summed E-state index contributed by atoms with van der Waals surface area (Å²) in [4.78, 5) is 0. The van der Waals surface area contributed by atoms with E-state index in [1.54, 1.807) is 0 Å². The molecule has 2 aromatic rings. The Balaban J connectivity index is 2.37. The Morgan fingerprint density at radius 1 is 0.957 bits per heavy atom. The number of phenols is 1. The van der Waals surface area contributed by atoms with Gasteiger partial charge >= 0.3 is 0 Å². The molecule has 0 saturated heterocycles. The van der Waals surface area contributed by atoms with Gasteiger partial charge in [-0.15, -0.1) is 0 Å². The highest BCUT2D eigenvalue weighted by Crippen LogP contribution is 2.33. The van der Waals surface area contributed by atoms with Crippen LogP contribution in [0.2, 0.25) is 0 Å². The molecule has 0 unspecified atom stereocenters. The molecule has 124 valence electrons. The summed E-state index contributed by atoms with van der Waals surface area (Å²) in [5, 5.41) is 13.9. The predicted molar refractivity (Wildman–Crippen MR) is 99.5 cm³/mol. The Morgan fingerprint density at radius 2 is 1.52 bits per heavy atom. The third kappa shape index (κ3) is 3.87. The molecule has 0 spiro atoms. The van der Waals surface area contributed by atoms with E-state index in [1.807, 2.05) is 13.0 Å². The number of para-hydroxylation sites is 1. The Morgan fingerprint density at radius 3 is 2.04 bits per heavy atom. The number of phenolic OH excluding ortho intramolecular Hbond substituents is 1. The van der Waals surface area contributed by atoms with E-state index in [9.17, 15) is 5.11 Å². The van der Waals surface area contributed by atoms with E-state index in [1.165, 1.54) is 22.4 Å². The Labute approximate surface area is 140 Å². The van der Waals surface area contributed by atoms with Crippen molar-refractivity contribution in [1.29, 1.82) is 0 Å². The van der Waals surface area contributed by atoms with Gasteiger partial charge in [0.2, 0.25) is 0 Å². The Bertz CT molecular complexity index is 660. The molecule has 2 heteroatoms. The summed E-state index contributed by atoms with van der Waals surface area (Å²) in [6.45, 7) is 13.5. The van der Waals surface area contributed by atoms with Crippen molar-refractivity contribution in [2.75, 3.05) is 5.32 Å². The summed E-state index contributed by atoms with van der Waals surface area (Å²) in [5.74, 6) is 1.32. The average molecular weight is 311 g/mol. The van der Waals surface area contributed by atoms with Gasteiger partial charge in [0.05, 0.1) is 0 Å². The van der Waals surface area contributed by atoms with Gasteiger partial charge in [-0.2, -0.15) is 0 Å². The second-order valence-electron chi connectivity index (χ2n) is 7.06. The lowest BCUT2D eigenvalue weighted by Crippen LogP contribution is -2.08. The maximum absolute atomic E-state index is 10.3. The number of rotatable bonds is 5. The lowest BCUT2D eigenvalue weighted by molar-refractivity contribution is 0.464. The van der Waals surface area contributed by atoms with E-state index in [0.717, 1.165) is 11.1 Å². The van der Waals surface area contributed by atoms with Crippen molar-refractivity contribution in [3.8, 4) is 5.75 Å². The zero-order valence-corrected chi connectivity index (χ0v) is 15.2. The maximum atomic E-state index is 10.3. The first-order valence-electron chi connectivity index (χ1n) is 8.47. The van der Waals surface area contributed by atoms with Crippen molar-refractivity contribution in [3.05, 3.63) is 58.1 Å². The molecular weight excluding hydrogens is 282 g/mol. The van der Waals surface area contributed by atoms with Crippen LogP contribution in [0.4, 0.5) is 5.69 Å². The van der Waals surface area contributed by atoms with Crippen molar-refractivity contribution < 1.29 is 5.11 Å². The van der Waals surface area contributed by atoms with Gasteiger partial charge in [-0.3, -0.25) is 0 Å². The quantitative estimate of drug-likeness (QED) is 0.724.